The summed E-state index contributed by atoms with van der Waals surface area (Å²) in [5, 5.41) is 3.86. The smallest absolute Gasteiger partial charge is 0.251 e. The Morgan fingerprint density at radius 3 is 2.80 bits per heavy atom. The standard InChI is InChI=1S/C20H18N4O/c25-20(15-6-3-10-16-14(15)7-4-12-21-16)22-13-5-11-19-23-17-8-1-2-9-18(17)24-19/h1-4,6-10,12H,5,11,13H2,(H,22,25)(H,23,24). The monoisotopic (exact) mass is 330 g/mol. The summed E-state index contributed by atoms with van der Waals surface area (Å²) in [4.78, 5) is 24.6. The van der Waals surface area contributed by atoms with Crippen LogP contribution in [0.15, 0.2) is 60.8 Å². The molecule has 2 N–H and O–H groups in total. The molecular weight excluding hydrogens is 312 g/mol. The van der Waals surface area contributed by atoms with Crippen molar-refractivity contribution in [1.29, 1.82) is 0 Å². The van der Waals surface area contributed by atoms with Crippen LogP contribution in [0.5, 0.6) is 0 Å². The molecule has 4 rings (SSSR count). The molecule has 124 valence electrons. The van der Waals surface area contributed by atoms with Crippen molar-refractivity contribution in [1.82, 2.24) is 20.3 Å². The molecule has 5 heteroatoms. The lowest BCUT2D eigenvalue weighted by atomic mass is 10.1. The van der Waals surface area contributed by atoms with Gasteiger partial charge in [0.1, 0.15) is 5.82 Å². The topological polar surface area (TPSA) is 70.7 Å². The average molecular weight is 330 g/mol. The number of benzene rings is 2. The molecule has 0 bridgehead atoms. The van der Waals surface area contributed by atoms with Crippen LogP contribution in [0.1, 0.15) is 22.6 Å². The quantitative estimate of drug-likeness (QED) is 0.550. The lowest BCUT2D eigenvalue weighted by Crippen LogP contribution is -2.25. The van der Waals surface area contributed by atoms with E-state index in [1.54, 1.807) is 6.20 Å². The van der Waals surface area contributed by atoms with E-state index in [0.29, 0.717) is 12.1 Å². The Labute approximate surface area is 145 Å². The van der Waals surface area contributed by atoms with Gasteiger partial charge in [-0.25, -0.2) is 4.98 Å². The first kappa shape index (κ1) is 15.3. The van der Waals surface area contributed by atoms with E-state index in [0.717, 1.165) is 40.6 Å². The Bertz CT molecular complexity index is 1000. The van der Waals surface area contributed by atoms with Crippen molar-refractivity contribution >= 4 is 27.8 Å². The minimum atomic E-state index is -0.0665. The van der Waals surface area contributed by atoms with Gasteiger partial charge in [0.25, 0.3) is 5.91 Å². The third kappa shape index (κ3) is 3.21. The van der Waals surface area contributed by atoms with E-state index in [-0.39, 0.29) is 5.91 Å². The van der Waals surface area contributed by atoms with Crippen LogP contribution in [0.4, 0.5) is 0 Å². The average Bonchev–Trinajstić information content (AvgIpc) is 3.07. The van der Waals surface area contributed by atoms with Gasteiger partial charge in [-0.05, 0) is 36.8 Å². The fourth-order valence-electron chi connectivity index (χ4n) is 2.98. The molecule has 2 aromatic heterocycles. The SMILES string of the molecule is O=C(NCCCc1nc2ccccc2[nH]1)c1cccc2ncccc12. The molecule has 0 unspecified atom stereocenters. The Kier molecular flexibility index (Phi) is 4.12. The summed E-state index contributed by atoms with van der Waals surface area (Å²) in [6, 6.07) is 17.3. The number of aromatic nitrogens is 3. The number of rotatable bonds is 5. The molecule has 0 atom stereocenters. The second kappa shape index (κ2) is 6.73. The fraction of sp³-hybridized carbons (Fsp3) is 0.150. The molecule has 0 saturated heterocycles. The number of aromatic amines is 1. The molecule has 2 heterocycles. The van der Waals surface area contributed by atoms with Gasteiger partial charge in [-0.3, -0.25) is 9.78 Å². The number of nitrogens with one attached hydrogen (secondary N) is 2. The normalized spacial score (nSPS) is 11.0. The maximum Gasteiger partial charge on any atom is 0.251 e. The van der Waals surface area contributed by atoms with E-state index in [1.807, 2.05) is 54.6 Å². The molecule has 4 aromatic rings. The molecule has 0 saturated carbocycles. The first-order valence-corrected chi connectivity index (χ1v) is 8.37. The summed E-state index contributed by atoms with van der Waals surface area (Å²) in [6.07, 6.45) is 3.36. The van der Waals surface area contributed by atoms with E-state index >= 15 is 0 Å². The van der Waals surface area contributed by atoms with Crippen molar-refractivity contribution in [3.8, 4) is 0 Å². The molecular formula is C20H18N4O. The summed E-state index contributed by atoms with van der Waals surface area (Å²) < 4.78 is 0. The highest BCUT2D eigenvalue weighted by Crippen LogP contribution is 2.16. The van der Waals surface area contributed by atoms with Gasteiger partial charge in [-0.2, -0.15) is 0 Å². The van der Waals surface area contributed by atoms with Gasteiger partial charge in [-0.1, -0.05) is 24.3 Å². The number of hydrogen-bond donors (Lipinski definition) is 2. The lowest BCUT2D eigenvalue weighted by molar-refractivity contribution is 0.0955. The summed E-state index contributed by atoms with van der Waals surface area (Å²) >= 11 is 0. The van der Waals surface area contributed by atoms with Crippen LogP contribution >= 0.6 is 0 Å². The van der Waals surface area contributed by atoms with Crippen molar-refractivity contribution in [3.63, 3.8) is 0 Å². The minimum absolute atomic E-state index is 0.0665. The number of para-hydroxylation sites is 2. The van der Waals surface area contributed by atoms with Crippen LogP contribution in [0.2, 0.25) is 0 Å². The van der Waals surface area contributed by atoms with Crippen molar-refractivity contribution in [2.45, 2.75) is 12.8 Å². The van der Waals surface area contributed by atoms with Gasteiger partial charge in [0.05, 0.1) is 16.6 Å². The number of nitrogens with zero attached hydrogens (tertiary/aromatic N) is 2. The number of carbonyl (C=O) groups excluding carboxylic acids is 1. The number of carbonyl (C=O) groups is 1. The highest BCUT2D eigenvalue weighted by molar-refractivity contribution is 6.06. The molecule has 0 aliphatic heterocycles. The summed E-state index contributed by atoms with van der Waals surface area (Å²) in [5.41, 5.74) is 3.52. The molecule has 0 aliphatic carbocycles. The van der Waals surface area contributed by atoms with Crippen molar-refractivity contribution in [2.24, 2.45) is 0 Å². The van der Waals surface area contributed by atoms with Gasteiger partial charge in [0, 0.05) is 30.1 Å². The second-order valence-electron chi connectivity index (χ2n) is 5.94. The Balaban J connectivity index is 1.37. The molecule has 2 aromatic carbocycles. The number of amides is 1. The molecule has 0 aliphatic rings. The molecule has 0 radical (unpaired) electrons. The van der Waals surface area contributed by atoms with E-state index in [1.165, 1.54) is 0 Å². The maximum absolute atomic E-state index is 12.4. The number of fused-ring (bicyclic) bond motifs is 2. The van der Waals surface area contributed by atoms with Crippen LogP contribution in [-0.2, 0) is 6.42 Å². The molecule has 1 amide bonds. The first-order chi connectivity index (χ1) is 12.3. The zero-order valence-electron chi connectivity index (χ0n) is 13.7. The first-order valence-electron chi connectivity index (χ1n) is 8.37. The van der Waals surface area contributed by atoms with Crippen LogP contribution in [0.25, 0.3) is 21.9 Å². The minimum Gasteiger partial charge on any atom is -0.352 e. The van der Waals surface area contributed by atoms with Gasteiger partial charge in [0.15, 0.2) is 0 Å². The maximum atomic E-state index is 12.4. The van der Waals surface area contributed by atoms with Crippen molar-refractivity contribution < 1.29 is 4.79 Å². The van der Waals surface area contributed by atoms with Gasteiger partial charge < -0.3 is 10.3 Å². The van der Waals surface area contributed by atoms with Crippen LogP contribution in [0, 0.1) is 0 Å². The number of hydrogen-bond acceptors (Lipinski definition) is 3. The number of aryl methyl sites for hydroxylation is 1. The van der Waals surface area contributed by atoms with E-state index in [2.05, 4.69) is 20.3 Å². The molecule has 0 fully saturated rings. The van der Waals surface area contributed by atoms with Crippen molar-refractivity contribution in [2.75, 3.05) is 6.54 Å². The van der Waals surface area contributed by atoms with Crippen LogP contribution in [0.3, 0.4) is 0 Å². The third-order valence-electron chi connectivity index (χ3n) is 4.20. The van der Waals surface area contributed by atoms with Gasteiger partial charge in [-0.15, -0.1) is 0 Å². The Morgan fingerprint density at radius 2 is 1.88 bits per heavy atom. The second-order valence-corrected chi connectivity index (χ2v) is 5.94. The van der Waals surface area contributed by atoms with E-state index in [4.69, 9.17) is 0 Å². The fourth-order valence-corrected chi connectivity index (χ4v) is 2.98. The highest BCUT2D eigenvalue weighted by atomic mass is 16.1. The Morgan fingerprint density at radius 1 is 1.00 bits per heavy atom. The van der Waals surface area contributed by atoms with Crippen molar-refractivity contribution in [3.05, 3.63) is 72.2 Å². The van der Waals surface area contributed by atoms with E-state index < -0.39 is 0 Å². The summed E-state index contributed by atoms with van der Waals surface area (Å²) in [7, 11) is 0. The molecule has 0 spiro atoms. The number of pyridine rings is 1. The summed E-state index contributed by atoms with van der Waals surface area (Å²) in [6.45, 7) is 0.604. The van der Waals surface area contributed by atoms with Crippen LogP contribution in [-0.4, -0.2) is 27.4 Å². The number of H-pyrrole nitrogens is 1. The van der Waals surface area contributed by atoms with E-state index in [9.17, 15) is 4.79 Å². The predicted octanol–water partition coefficient (Wildman–Crippen LogP) is 3.47. The third-order valence-corrected chi connectivity index (χ3v) is 4.20. The molecule has 25 heavy (non-hydrogen) atoms. The largest absolute Gasteiger partial charge is 0.352 e. The summed E-state index contributed by atoms with van der Waals surface area (Å²) in [5.74, 6) is 0.882. The lowest BCUT2D eigenvalue weighted by Gasteiger charge is -2.07. The zero-order valence-corrected chi connectivity index (χ0v) is 13.7. The zero-order chi connectivity index (χ0) is 17.1. The highest BCUT2D eigenvalue weighted by Gasteiger charge is 2.09. The Hall–Kier alpha value is -3.21. The molecule has 5 nitrogen and oxygen atoms in total. The number of imidazole rings is 1. The van der Waals surface area contributed by atoms with Gasteiger partial charge >= 0.3 is 0 Å². The van der Waals surface area contributed by atoms with Crippen LogP contribution < -0.4 is 5.32 Å². The predicted molar refractivity (Wildman–Crippen MR) is 98.5 cm³/mol. The van der Waals surface area contributed by atoms with Gasteiger partial charge in [0.2, 0.25) is 0 Å².